The molecular formula is C71H63N5O11. The number of nitrogens with zero attached hydrogens (tertiary/aromatic N) is 2. The molecule has 2 heterocycles. The Labute approximate surface area is 504 Å². The van der Waals surface area contributed by atoms with Crippen LogP contribution in [0.15, 0.2) is 243 Å². The van der Waals surface area contributed by atoms with Crippen molar-refractivity contribution in [1.82, 2.24) is 9.97 Å². The molecule has 16 nitrogen and oxygen atoms in total. The lowest BCUT2D eigenvalue weighted by Crippen LogP contribution is -2.25. The molecule has 438 valence electrons. The number of carboxylic acids is 1. The van der Waals surface area contributed by atoms with Gasteiger partial charge in [0.25, 0.3) is 11.8 Å². The molecule has 0 bridgehead atoms. The summed E-state index contributed by atoms with van der Waals surface area (Å²) >= 11 is 0. The number of esters is 2. The van der Waals surface area contributed by atoms with Gasteiger partial charge in [-0.25, -0.2) is 14.4 Å². The van der Waals surface area contributed by atoms with E-state index in [1.165, 1.54) is 24.5 Å². The molecule has 0 fully saturated rings. The average Bonchev–Trinajstić information content (AvgIpc) is 3.69. The van der Waals surface area contributed by atoms with E-state index >= 15 is 0 Å². The number of aromatic nitrogens is 2. The fraction of sp³-hybridized carbons (Fsp3) is 0.113. The van der Waals surface area contributed by atoms with Gasteiger partial charge in [0.15, 0.2) is 0 Å². The van der Waals surface area contributed by atoms with Crippen molar-refractivity contribution in [3.8, 4) is 56.8 Å². The minimum Gasteiger partial charge on any atom is -0.478 e. The summed E-state index contributed by atoms with van der Waals surface area (Å²) in [6, 6.07) is 64.6. The van der Waals surface area contributed by atoms with Crippen molar-refractivity contribution < 1.29 is 52.8 Å². The number of ether oxygens (including phenoxy) is 5. The Morgan fingerprint density at radius 2 is 0.713 bits per heavy atom. The van der Waals surface area contributed by atoms with Crippen molar-refractivity contribution in [1.29, 1.82) is 0 Å². The number of nitrogens with one attached hydrogen (secondary N) is 2. The van der Waals surface area contributed by atoms with E-state index in [4.69, 9.17) is 29.4 Å². The Kier molecular flexibility index (Phi) is 20.4. The maximum atomic E-state index is 13.2. The Balaban J connectivity index is 0.000000175. The second kappa shape index (κ2) is 28.7. The molecule has 16 heteroatoms. The number of nitrogens with two attached hydrogens (primary N) is 1. The van der Waals surface area contributed by atoms with Gasteiger partial charge in [-0.15, -0.1) is 0 Å². The molecule has 10 aromatic rings. The number of hydrogen-bond donors (Lipinski definition) is 4. The van der Waals surface area contributed by atoms with E-state index in [1.54, 1.807) is 99.9 Å². The molecule has 0 radical (unpaired) electrons. The molecule has 0 unspecified atom stereocenters. The molecule has 2 aromatic heterocycles. The van der Waals surface area contributed by atoms with Gasteiger partial charge in [-0.05, 0) is 138 Å². The van der Waals surface area contributed by atoms with E-state index in [2.05, 4.69) is 20.6 Å². The first-order valence-corrected chi connectivity index (χ1v) is 27.4. The molecule has 0 spiro atoms. The standard InChI is InChI=1S/C29H26N2O4.C25H18N2O4.C17H19NO3/c1-29(2,3)35-28(33)25-15-14-24(34-23-12-8-5-9-13-23)17-26(25)31-27(32)22-16-21(18-30-19-22)20-10-6-4-7-11-20;28-24(19-13-18(15-26-16-19)17-7-3-1-4-8-17)27-23-14-21(11-12-22(23)25(29)30)31-20-9-5-2-6-10-20;1-17(2,3)21-16(19)14-10-9-13(11-15(14)18)20-12-7-5-4-6-8-12/h4-19H,1-3H3,(H,31,32);1-16H,(H,27,28)(H,29,30);4-11H,18H2,1-3H3. The normalized spacial score (nSPS) is 10.7. The number of hydrogen-bond acceptors (Lipinski definition) is 13. The van der Waals surface area contributed by atoms with Crippen LogP contribution in [0, 0.1) is 0 Å². The Morgan fingerprint density at radius 1 is 0.379 bits per heavy atom. The molecule has 0 atom stereocenters. The van der Waals surface area contributed by atoms with Crippen LogP contribution in [0.2, 0.25) is 0 Å². The van der Waals surface area contributed by atoms with E-state index in [-0.39, 0.29) is 22.5 Å². The highest BCUT2D eigenvalue weighted by molar-refractivity contribution is 6.09. The molecule has 8 aromatic carbocycles. The van der Waals surface area contributed by atoms with E-state index in [0.29, 0.717) is 56.9 Å². The maximum absolute atomic E-state index is 13.2. The van der Waals surface area contributed by atoms with Gasteiger partial charge in [-0.1, -0.05) is 115 Å². The van der Waals surface area contributed by atoms with Gasteiger partial charge in [0.2, 0.25) is 0 Å². The van der Waals surface area contributed by atoms with Crippen LogP contribution in [0.5, 0.6) is 34.5 Å². The van der Waals surface area contributed by atoms with E-state index in [0.717, 1.165) is 22.3 Å². The van der Waals surface area contributed by atoms with Gasteiger partial charge in [0, 0.05) is 59.8 Å². The minimum absolute atomic E-state index is 0.0408. The largest absolute Gasteiger partial charge is 0.478 e. The van der Waals surface area contributed by atoms with Crippen LogP contribution in [0.25, 0.3) is 22.3 Å². The second-order valence-corrected chi connectivity index (χ2v) is 21.3. The van der Waals surface area contributed by atoms with Crippen LogP contribution in [0.4, 0.5) is 17.1 Å². The van der Waals surface area contributed by atoms with Crippen molar-refractivity contribution in [2.75, 3.05) is 16.4 Å². The zero-order valence-corrected chi connectivity index (χ0v) is 48.6. The number of carboxylic acid groups (broad SMARTS) is 1. The number of rotatable bonds is 15. The molecule has 5 N–H and O–H groups in total. The van der Waals surface area contributed by atoms with Gasteiger partial charge in [0.05, 0.1) is 39.2 Å². The van der Waals surface area contributed by atoms with Gasteiger partial charge in [0.1, 0.15) is 45.7 Å². The Hall–Kier alpha value is -11.4. The number of benzene rings is 8. The molecule has 0 aliphatic heterocycles. The van der Waals surface area contributed by atoms with Crippen molar-refractivity contribution >= 4 is 46.8 Å². The minimum atomic E-state index is -1.15. The first kappa shape index (κ1) is 61.7. The van der Waals surface area contributed by atoms with Crippen LogP contribution < -0.4 is 30.6 Å². The number of carbonyl (C=O) groups is 5. The summed E-state index contributed by atoms with van der Waals surface area (Å²) in [5.74, 6) is 0.378. The third kappa shape index (κ3) is 18.6. The fourth-order valence-electron chi connectivity index (χ4n) is 8.17. The molecule has 0 saturated heterocycles. The Bertz CT molecular complexity index is 3990. The van der Waals surface area contributed by atoms with Crippen molar-refractivity contribution in [3.63, 3.8) is 0 Å². The molecule has 87 heavy (non-hydrogen) atoms. The lowest BCUT2D eigenvalue weighted by atomic mass is 10.1. The summed E-state index contributed by atoms with van der Waals surface area (Å²) in [6.07, 6.45) is 6.29. The summed E-state index contributed by atoms with van der Waals surface area (Å²) in [7, 11) is 0. The number of aromatic carboxylic acids is 1. The van der Waals surface area contributed by atoms with Gasteiger partial charge >= 0.3 is 17.9 Å². The molecule has 10 rings (SSSR count). The molecule has 0 aliphatic carbocycles. The topological polar surface area (TPSA) is 228 Å². The van der Waals surface area contributed by atoms with E-state index < -0.39 is 40.9 Å². The first-order valence-electron chi connectivity index (χ1n) is 27.4. The molecule has 0 saturated carbocycles. The molecular weight excluding hydrogens is 1100 g/mol. The van der Waals surface area contributed by atoms with Crippen molar-refractivity contribution in [3.05, 3.63) is 271 Å². The smallest absolute Gasteiger partial charge is 0.340 e. The summed E-state index contributed by atoms with van der Waals surface area (Å²) < 4.78 is 28.2. The van der Waals surface area contributed by atoms with Gasteiger partial charge in [-0.3, -0.25) is 19.6 Å². The predicted octanol–water partition coefficient (Wildman–Crippen LogP) is 16.3. The van der Waals surface area contributed by atoms with Crippen LogP contribution in [-0.2, 0) is 9.47 Å². The zero-order chi connectivity index (χ0) is 61.9. The van der Waals surface area contributed by atoms with Crippen LogP contribution in [-0.4, -0.2) is 56.0 Å². The number of pyridine rings is 2. The van der Waals surface area contributed by atoms with Crippen molar-refractivity contribution in [2.45, 2.75) is 52.7 Å². The number of nitrogen functional groups attached to an aromatic ring is 1. The summed E-state index contributed by atoms with van der Waals surface area (Å²) in [5.41, 5.74) is 10.1. The van der Waals surface area contributed by atoms with Gasteiger partial charge in [-0.2, -0.15) is 0 Å². The van der Waals surface area contributed by atoms with Gasteiger partial charge < -0.3 is 45.2 Å². The number of para-hydroxylation sites is 3. The summed E-state index contributed by atoms with van der Waals surface area (Å²) in [4.78, 5) is 71.0. The average molecular weight is 1160 g/mol. The highest BCUT2D eigenvalue weighted by Crippen LogP contribution is 2.32. The summed E-state index contributed by atoms with van der Waals surface area (Å²) in [6.45, 7) is 10.8. The highest BCUT2D eigenvalue weighted by Gasteiger charge is 2.24. The number of anilines is 3. The third-order valence-electron chi connectivity index (χ3n) is 12.1. The number of carbonyl (C=O) groups excluding carboxylic acids is 4. The molecule has 0 aliphatic rings. The Morgan fingerprint density at radius 3 is 1.08 bits per heavy atom. The SMILES string of the molecule is CC(C)(C)OC(=O)c1ccc(Oc2ccccc2)cc1N.CC(C)(C)OC(=O)c1ccc(Oc2ccccc2)cc1NC(=O)c1cncc(-c2ccccc2)c1.O=C(Nc1cc(Oc2ccccc2)ccc1C(=O)O)c1cncc(-c2ccccc2)c1. The second-order valence-electron chi connectivity index (χ2n) is 21.3. The number of amides is 2. The van der Waals surface area contributed by atoms with E-state index in [1.807, 2.05) is 160 Å². The summed E-state index contributed by atoms with van der Waals surface area (Å²) in [5, 5.41) is 15.0. The lowest BCUT2D eigenvalue weighted by Gasteiger charge is -2.21. The zero-order valence-electron chi connectivity index (χ0n) is 48.6. The van der Waals surface area contributed by atoms with Crippen LogP contribution >= 0.6 is 0 Å². The maximum Gasteiger partial charge on any atom is 0.340 e. The molecule has 2 amide bonds. The highest BCUT2D eigenvalue weighted by atomic mass is 16.6. The van der Waals surface area contributed by atoms with Crippen LogP contribution in [0.3, 0.4) is 0 Å². The quantitative estimate of drug-likeness (QED) is 0.0553. The fourth-order valence-corrected chi connectivity index (χ4v) is 8.17. The third-order valence-corrected chi connectivity index (χ3v) is 12.1. The van der Waals surface area contributed by atoms with Crippen molar-refractivity contribution in [2.24, 2.45) is 0 Å². The lowest BCUT2D eigenvalue weighted by molar-refractivity contribution is 0.00580. The van der Waals surface area contributed by atoms with Crippen LogP contribution in [0.1, 0.15) is 93.3 Å². The van der Waals surface area contributed by atoms with E-state index in [9.17, 15) is 29.1 Å². The first-order chi connectivity index (χ1) is 41.7. The predicted molar refractivity (Wildman–Crippen MR) is 336 cm³/mol. The monoisotopic (exact) mass is 1160 g/mol.